The number of rotatable bonds is 0. The highest BCUT2D eigenvalue weighted by Crippen LogP contribution is 2.03. The fourth-order valence-corrected chi connectivity index (χ4v) is 0.358. The summed E-state index contributed by atoms with van der Waals surface area (Å²) in [4.78, 5) is 0. The monoisotopic (exact) mass is 96.1 g/mol. The first-order valence-corrected chi connectivity index (χ1v) is 2.02. The lowest BCUT2D eigenvalue weighted by atomic mass is 10.4. The number of aryl methyl sites for hydroxylation is 1. The summed E-state index contributed by atoms with van der Waals surface area (Å²) in [7, 11) is 0. The lowest BCUT2D eigenvalue weighted by molar-refractivity contribution is 1.05. The quantitative estimate of drug-likeness (QED) is 0.506. The van der Waals surface area contributed by atoms with Crippen molar-refractivity contribution in [1.29, 1.82) is 0 Å². The van der Waals surface area contributed by atoms with E-state index in [1.54, 1.807) is 13.1 Å². The summed E-state index contributed by atoms with van der Waals surface area (Å²) >= 11 is 0. The SMILES string of the molecule is Cc1n[nH]cc1[NH]. The Morgan fingerprint density at radius 2 is 2.57 bits per heavy atom. The smallest absolute Gasteiger partial charge is 0.0946 e. The largest absolute Gasteiger partial charge is 0.297 e. The van der Waals surface area contributed by atoms with Crippen molar-refractivity contribution >= 4 is 5.69 Å². The molecule has 3 heteroatoms. The second kappa shape index (κ2) is 1.26. The highest BCUT2D eigenvalue weighted by atomic mass is 15.1. The predicted octanol–water partition coefficient (Wildman–Crippen LogP) is 0.633. The van der Waals surface area contributed by atoms with Gasteiger partial charge in [0.15, 0.2) is 0 Å². The van der Waals surface area contributed by atoms with E-state index < -0.39 is 0 Å². The van der Waals surface area contributed by atoms with Crippen molar-refractivity contribution in [2.45, 2.75) is 6.92 Å². The van der Waals surface area contributed by atoms with E-state index in [4.69, 9.17) is 5.73 Å². The zero-order valence-electron chi connectivity index (χ0n) is 4.02. The molecule has 0 amide bonds. The molecule has 2 N–H and O–H groups in total. The van der Waals surface area contributed by atoms with Crippen LogP contribution < -0.4 is 5.73 Å². The van der Waals surface area contributed by atoms with Crippen LogP contribution in [0.2, 0.25) is 0 Å². The van der Waals surface area contributed by atoms with Crippen LogP contribution in [0, 0.1) is 6.92 Å². The number of hydrogen-bond donors (Lipinski definition) is 1. The van der Waals surface area contributed by atoms with Gasteiger partial charge in [-0.05, 0) is 6.92 Å². The van der Waals surface area contributed by atoms with Gasteiger partial charge in [0.05, 0.1) is 11.4 Å². The molecule has 1 heterocycles. The van der Waals surface area contributed by atoms with Crippen LogP contribution >= 0.6 is 0 Å². The minimum atomic E-state index is 0.472. The molecule has 0 atom stereocenters. The van der Waals surface area contributed by atoms with Crippen LogP contribution in [0.3, 0.4) is 0 Å². The van der Waals surface area contributed by atoms with Crippen molar-refractivity contribution in [3.8, 4) is 0 Å². The standard InChI is InChI=1S/C4H6N3/c1-3-4(5)2-6-7-3/h2,5H,1H3,(H,6,7). The van der Waals surface area contributed by atoms with Crippen LogP contribution in [0.25, 0.3) is 0 Å². The van der Waals surface area contributed by atoms with Crippen molar-refractivity contribution in [3.63, 3.8) is 0 Å². The zero-order valence-corrected chi connectivity index (χ0v) is 4.02. The molecule has 0 fully saturated rings. The van der Waals surface area contributed by atoms with Gasteiger partial charge in [-0.25, -0.2) is 0 Å². The Bertz CT molecular complexity index is 139. The maximum atomic E-state index is 7.01. The average molecular weight is 96.1 g/mol. The summed E-state index contributed by atoms with van der Waals surface area (Å²) < 4.78 is 0. The molecule has 0 saturated heterocycles. The Morgan fingerprint density at radius 3 is 2.71 bits per heavy atom. The fourth-order valence-electron chi connectivity index (χ4n) is 0.358. The van der Waals surface area contributed by atoms with Crippen LogP contribution in [-0.4, -0.2) is 10.2 Å². The van der Waals surface area contributed by atoms with Crippen molar-refractivity contribution < 1.29 is 0 Å². The predicted molar refractivity (Wildman–Crippen MR) is 26.1 cm³/mol. The van der Waals surface area contributed by atoms with E-state index in [2.05, 4.69) is 10.2 Å². The van der Waals surface area contributed by atoms with E-state index in [0.29, 0.717) is 5.69 Å². The molecule has 0 aromatic carbocycles. The molecule has 0 bridgehead atoms. The Morgan fingerprint density at radius 1 is 1.86 bits per heavy atom. The third-order valence-electron chi connectivity index (χ3n) is 0.831. The molecule has 1 aromatic rings. The van der Waals surface area contributed by atoms with Gasteiger partial charge in [-0.15, -0.1) is 0 Å². The van der Waals surface area contributed by atoms with Crippen LogP contribution in [-0.2, 0) is 0 Å². The second-order valence-corrected chi connectivity index (χ2v) is 1.38. The first-order chi connectivity index (χ1) is 3.30. The lowest BCUT2D eigenvalue weighted by Gasteiger charge is -1.76. The molecule has 37 valence electrons. The Kier molecular flexibility index (Phi) is 0.749. The fraction of sp³-hybridized carbons (Fsp3) is 0.250. The summed E-state index contributed by atoms with van der Waals surface area (Å²) in [6, 6.07) is 0. The molecule has 0 aliphatic heterocycles. The van der Waals surface area contributed by atoms with Crippen LogP contribution in [0.4, 0.5) is 5.69 Å². The van der Waals surface area contributed by atoms with Gasteiger partial charge in [0.2, 0.25) is 0 Å². The third-order valence-corrected chi connectivity index (χ3v) is 0.831. The molecule has 0 spiro atoms. The normalized spacial score (nSPS) is 9.29. The minimum Gasteiger partial charge on any atom is -0.297 e. The average Bonchev–Trinajstić information content (AvgIpc) is 1.91. The van der Waals surface area contributed by atoms with Gasteiger partial charge in [0.25, 0.3) is 0 Å². The van der Waals surface area contributed by atoms with Crippen molar-refractivity contribution in [1.82, 2.24) is 15.9 Å². The van der Waals surface area contributed by atoms with Gasteiger partial charge in [0, 0.05) is 6.20 Å². The number of aromatic amines is 1. The number of aromatic nitrogens is 2. The molecule has 0 saturated carbocycles. The van der Waals surface area contributed by atoms with Crippen molar-refractivity contribution in [3.05, 3.63) is 11.9 Å². The maximum absolute atomic E-state index is 7.01. The zero-order chi connectivity index (χ0) is 5.28. The van der Waals surface area contributed by atoms with Gasteiger partial charge >= 0.3 is 0 Å². The lowest BCUT2D eigenvalue weighted by Crippen LogP contribution is -1.69. The molecular weight excluding hydrogens is 90.1 g/mol. The van der Waals surface area contributed by atoms with Gasteiger partial charge in [-0.3, -0.25) is 10.8 Å². The van der Waals surface area contributed by atoms with E-state index >= 15 is 0 Å². The molecular formula is C4H6N3. The summed E-state index contributed by atoms with van der Waals surface area (Å²) in [6.45, 7) is 1.79. The molecule has 0 unspecified atom stereocenters. The number of H-pyrrole nitrogens is 1. The highest BCUT2D eigenvalue weighted by Gasteiger charge is 1.90. The molecule has 1 aromatic heterocycles. The number of nitrogens with one attached hydrogen (secondary N) is 2. The first-order valence-electron chi connectivity index (χ1n) is 2.02. The Balaban J connectivity index is 3.12. The summed E-state index contributed by atoms with van der Waals surface area (Å²) in [6.07, 6.45) is 1.55. The van der Waals surface area contributed by atoms with E-state index in [1.807, 2.05) is 0 Å². The Labute approximate surface area is 41.5 Å². The number of hydrogen-bond acceptors (Lipinski definition) is 1. The van der Waals surface area contributed by atoms with Crippen LogP contribution in [0.1, 0.15) is 5.69 Å². The van der Waals surface area contributed by atoms with Gasteiger partial charge in [0.1, 0.15) is 0 Å². The molecule has 7 heavy (non-hydrogen) atoms. The molecule has 0 aliphatic carbocycles. The summed E-state index contributed by atoms with van der Waals surface area (Å²) in [5, 5.41) is 6.26. The molecule has 1 rings (SSSR count). The highest BCUT2D eigenvalue weighted by molar-refractivity contribution is 5.33. The first kappa shape index (κ1) is 4.18. The molecule has 1 radical (unpaired) electrons. The molecule has 0 aliphatic rings. The third kappa shape index (κ3) is 0.559. The van der Waals surface area contributed by atoms with Crippen molar-refractivity contribution in [2.24, 2.45) is 0 Å². The second-order valence-electron chi connectivity index (χ2n) is 1.38. The summed E-state index contributed by atoms with van der Waals surface area (Å²) in [5.74, 6) is 0. The van der Waals surface area contributed by atoms with Crippen molar-refractivity contribution in [2.75, 3.05) is 0 Å². The van der Waals surface area contributed by atoms with E-state index in [-0.39, 0.29) is 0 Å². The van der Waals surface area contributed by atoms with E-state index in [1.165, 1.54) is 0 Å². The minimum absolute atomic E-state index is 0.472. The van der Waals surface area contributed by atoms with Crippen LogP contribution in [0.5, 0.6) is 0 Å². The number of nitrogens with zero attached hydrogens (tertiary/aromatic N) is 1. The van der Waals surface area contributed by atoms with Gasteiger partial charge in [-0.2, -0.15) is 5.10 Å². The van der Waals surface area contributed by atoms with E-state index in [0.717, 1.165) is 5.69 Å². The Hall–Kier alpha value is -0.990. The van der Waals surface area contributed by atoms with Crippen LogP contribution in [0.15, 0.2) is 6.20 Å². The molecule has 3 nitrogen and oxygen atoms in total. The van der Waals surface area contributed by atoms with Gasteiger partial charge in [-0.1, -0.05) is 0 Å². The summed E-state index contributed by atoms with van der Waals surface area (Å²) in [5.41, 5.74) is 8.23. The maximum Gasteiger partial charge on any atom is 0.0946 e. The van der Waals surface area contributed by atoms with E-state index in [9.17, 15) is 0 Å². The topological polar surface area (TPSA) is 52.5 Å². The van der Waals surface area contributed by atoms with Gasteiger partial charge < -0.3 is 0 Å².